The molecule has 2 fully saturated rings. The number of hydrogen-bond donors (Lipinski definition) is 0. The summed E-state index contributed by atoms with van der Waals surface area (Å²) in [6.45, 7) is 1.93. The lowest BCUT2D eigenvalue weighted by atomic mass is 9.76. The van der Waals surface area contributed by atoms with Gasteiger partial charge in [0.15, 0.2) is 5.82 Å². The van der Waals surface area contributed by atoms with Gasteiger partial charge in [0.05, 0.1) is 5.41 Å². The van der Waals surface area contributed by atoms with Crippen LogP contribution in [0.25, 0.3) is 0 Å². The number of carbonyl (C=O) groups excluding carboxylic acids is 1. The topological polar surface area (TPSA) is 81.4 Å². The third-order valence-electron chi connectivity index (χ3n) is 5.42. The Morgan fingerprint density at radius 3 is 2.92 bits per heavy atom. The third kappa shape index (κ3) is 3.35. The molecule has 3 heterocycles. The minimum absolute atomic E-state index is 0.0276. The van der Waals surface area contributed by atoms with Crippen LogP contribution in [0.4, 0.5) is 0 Å². The first-order valence-electron chi connectivity index (χ1n) is 9.24. The maximum Gasteiger partial charge on any atom is 0.253 e. The Balaban J connectivity index is 1.59. The highest BCUT2D eigenvalue weighted by molar-refractivity contribution is 5.94. The van der Waals surface area contributed by atoms with Crippen LogP contribution in [0, 0.1) is 0 Å². The molecule has 0 aromatic carbocycles. The van der Waals surface area contributed by atoms with E-state index >= 15 is 0 Å². The maximum atomic E-state index is 12.9. The van der Waals surface area contributed by atoms with Crippen molar-refractivity contribution in [3.8, 4) is 0 Å². The summed E-state index contributed by atoms with van der Waals surface area (Å²) in [4.78, 5) is 23.5. The second-order valence-corrected chi connectivity index (χ2v) is 7.32. The predicted molar refractivity (Wildman–Crippen MR) is 93.8 cm³/mol. The molecule has 7 nitrogen and oxygen atoms in total. The van der Waals surface area contributed by atoms with Gasteiger partial charge in [-0.2, -0.15) is 4.98 Å². The van der Waals surface area contributed by atoms with Gasteiger partial charge in [-0.05, 0) is 44.2 Å². The van der Waals surface area contributed by atoms with E-state index in [9.17, 15) is 4.79 Å². The van der Waals surface area contributed by atoms with E-state index in [4.69, 9.17) is 14.2 Å². The molecule has 1 aliphatic carbocycles. The quantitative estimate of drug-likeness (QED) is 0.791. The number of aromatic nitrogens is 3. The van der Waals surface area contributed by atoms with Crippen LogP contribution in [-0.2, 0) is 10.2 Å². The first-order valence-corrected chi connectivity index (χ1v) is 9.24. The summed E-state index contributed by atoms with van der Waals surface area (Å²) in [6.07, 6.45) is 8.16. The van der Waals surface area contributed by atoms with E-state index in [1.807, 2.05) is 4.90 Å². The summed E-state index contributed by atoms with van der Waals surface area (Å²) in [5.74, 6) is 1.92. The van der Waals surface area contributed by atoms with Gasteiger partial charge in [0.1, 0.15) is 0 Å². The normalized spacial score (nSPS) is 23.2. The lowest BCUT2D eigenvalue weighted by Gasteiger charge is -2.41. The highest BCUT2D eigenvalue weighted by atomic mass is 16.5. The van der Waals surface area contributed by atoms with E-state index in [0.717, 1.165) is 50.4 Å². The number of pyridine rings is 1. The lowest BCUT2D eigenvalue weighted by Crippen LogP contribution is -2.49. The molecular formula is C19H24N4O3. The van der Waals surface area contributed by atoms with Crippen molar-refractivity contribution in [2.75, 3.05) is 26.8 Å². The van der Waals surface area contributed by atoms with Crippen LogP contribution in [0.1, 0.15) is 60.1 Å². The molecule has 1 aliphatic heterocycles. The average molecular weight is 356 g/mol. The van der Waals surface area contributed by atoms with E-state index in [1.165, 1.54) is 0 Å². The van der Waals surface area contributed by atoms with Crippen molar-refractivity contribution in [3.63, 3.8) is 0 Å². The standard InChI is InChI=1S/C19H24N4O3/c1-25-12-8-19(18-21-16(26-22-18)14-3-4-14)7-2-11-23(13-19)17(24)15-5-9-20-10-6-15/h5-6,9-10,14H,2-4,7-8,11-13H2,1H3. The fourth-order valence-corrected chi connectivity index (χ4v) is 3.72. The molecule has 7 heteroatoms. The number of ether oxygens (including phenoxy) is 1. The summed E-state index contributed by atoms with van der Waals surface area (Å²) < 4.78 is 10.9. The van der Waals surface area contributed by atoms with Crippen molar-refractivity contribution in [2.45, 2.75) is 43.4 Å². The summed E-state index contributed by atoms with van der Waals surface area (Å²) in [6, 6.07) is 3.51. The van der Waals surface area contributed by atoms with Crippen molar-refractivity contribution in [1.82, 2.24) is 20.0 Å². The zero-order valence-corrected chi connectivity index (χ0v) is 15.1. The SMILES string of the molecule is COCCC1(c2noc(C3CC3)n2)CCCN(C(=O)c2ccncc2)C1. The van der Waals surface area contributed by atoms with Gasteiger partial charge in [-0.15, -0.1) is 0 Å². The largest absolute Gasteiger partial charge is 0.385 e. The van der Waals surface area contributed by atoms with Gasteiger partial charge in [0.25, 0.3) is 5.91 Å². The molecular weight excluding hydrogens is 332 g/mol. The molecule has 1 unspecified atom stereocenters. The number of piperidine rings is 1. The fourth-order valence-electron chi connectivity index (χ4n) is 3.72. The van der Waals surface area contributed by atoms with Crippen LogP contribution in [-0.4, -0.2) is 52.7 Å². The molecule has 1 amide bonds. The Kier molecular flexibility index (Phi) is 4.72. The number of rotatable bonds is 6. The summed E-state index contributed by atoms with van der Waals surface area (Å²) in [5.41, 5.74) is 0.349. The van der Waals surface area contributed by atoms with Crippen LogP contribution in [0.15, 0.2) is 29.0 Å². The minimum Gasteiger partial charge on any atom is -0.385 e. The smallest absolute Gasteiger partial charge is 0.253 e. The summed E-state index contributed by atoms with van der Waals surface area (Å²) >= 11 is 0. The molecule has 0 radical (unpaired) electrons. The van der Waals surface area contributed by atoms with Gasteiger partial charge >= 0.3 is 0 Å². The molecule has 2 aliphatic rings. The Hall–Kier alpha value is -2.28. The van der Waals surface area contributed by atoms with Crippen LogP contribution in [0.2, 0.25) is 0 Å². The lowest BCUT2D eigenvalue weighted by molar-refractivity contribution is 0.0567. The number of nitrogens with zero attached hydrogens (tertiary/aromatic N) is 4. The van der Waals surface area contributed by atoms with Crippen LogP contribution >= 0.6 is 0 Å². The Bertz CT molecular complexity index is 759. The number of methoxy groups -OCH3 is 1. The number of likely N-dealkylation sites (tertiary alicyclic amines) is 1. The summed E-state index contributed by atoms with van der Waals surface area (Å²) in [7, 11) is 1.70. The van der Waals surface area contributed by atoms with Crippen LogP contribution < -0.4 is 0 Å². The second kappa shape index (κ2) is 7.15. The molecule has 0 spiro atoms. The highest BCUT2D eigenvalue weighted by Gasteiger charge is 2.43. The van der Waals surface area contributed by atoms with Crippen molar-refractivity contribution >= 4 is 5.91 Å². The van der Waals surface area contributed by atoms with Crippen molar-refractivity contribution in [2.24, 2.45) is 0 Å². The van der Waals surface area contributed by atoms with Gasteiger partial charge in [0.2, 0.25) is 5.89 Å². The van der Waals surface area contributed by atoms with Crippen LogP contribution in [0.5, 0.6) is 0 Å². The van der Waals surface area contributed by atoms with Gasteiger partial charge in [-0.1, -0.05) is 5.16 Å². The van der Waals surface area contributed by atoms with Crippen molar-refractivity contribution in [3.05, 3.63) is 41.8 Å². The van der Waals surface area contributed by atoms with E-state index < -0.39 is 0 Å². The second-order valence-electron chi connectivity index (χ2n) is 7.32. The molecule has 2 aromatic rings. The monoisotopic (exact) mass is 356 g/mol. The number of amides is 1. The Morgan fingerprint density at radius 1 is 1.38 bits per heavy atom. The van der Waals surface area contributed by atoms with Gasteiger partial charge in [-0.3, -0.25) is 9.78 Å². The van der Waals surface area contributed by atoms with Crippen molar-refractivity contribution < 1.29 is 14.1 Å². The average Bonchev–Trinajstić information content (AvgIpc) is 3.43. The first kappa shape index (κ1) is 17.1. The minimum atomic E-state index is -0.312. The molecule has 4 rings (SSSR count). The van der Waals surface area contributed by atoms with E-state index in [-0.39, 0.29) is 11.3 Å². The third-order valence-corrected chi connectivity index (χ3v) is 5.42. The van der Waals surface area contributed by atoms with E-state index in [2.05, 4.69) is 10.1 Å². The Morgan fingerprint density at radius 2 is 2.19 bits per heavy atom. The fraction of sp³-hybridized carbons (Fsp3) is 0.579. The maximum absolute atomic E-state index is 12.9. The zero-order valence-electron chi connectivity index (χ0n) is 15.1. The molecule has 1 atom stereocenters. The molecule has 0 bridgehead atoms. The molecule has 2 aromatic heterocycles. The van der Waals surface area contributed by atoms with Crippen molar-refractivity contribution in [1.29, 1.82) is 0 Å². The number of carbonyl (C=O) groups is 1. The van der Waals surface area contributed by atoms with E-state index in [1.54, 1.807) is 31.6 Å². The number of hydrogen-bond acceptors (Lipinski definition) is 6. The molecule has 0 N–H and O–H groups in total. The van der Waals surface area contributed by atoms with Gasteiger partial charge in [0, 0.05) is 50.7 Å². The molecule has 1 saturated heterocycles. The van der Waals surface area contributed by atoms with Gasteiger partial charge < -0.3 is 14.2 Å². The Labute approximate surface area is 152 Å². The zero-order chi connectivity index (χ0) is 18.0. The van der Waals surface area contributed by atoms with E-state index in [0.29, 0.717) is 24.6 Å². The molecule has 1 saturated carbocycles. The summed E-state index contributed by atoms with van der Waals surface area (Å²) in [5, 5.41) is 4.30. The van der Waals surface area contributed by atoms with Crippen LogP contribution in [0.3, 0.4) is 0 Å². The molecule has 138 valence electrons. The van der Waals surface area contributed by atoms with Gasteiger partial charge in [-0.25, -0.2) is 0 Å². The predicted octanol–water partition coefficient (Wildman–Crippen LogP) is 2.55. The highest BCUT2D eigenvalue weighted by Crippen LogP contribution is 2.41. The first-order chi connectivity index (χ1) is 12.7. The molecule has 26 heavy (non-hydrogen) atoms.